The van der Waals surface area contributed by atoms with Crippen molar-refractivity contribution >= 4 is 31.5 Å². The number of carbonyl (C=O) groups excluding carboxylic acids is 1. The zero-order valence-electron chi connectivity index (χ0n) is 9.01. The standard InChI is InChI=1S/C10H10ClNO4S/c1-16-10(13)12-5-4-7-6-8(17(11,14)15)2-3-9(7)12/h2-3,6H,4-5H2,1H3. The first-order valence-corrected chi connectivity index (χ1v) is 7.17. The number of ether oxygens (including phenoxy) is 1. The monoisotopic (exact) mass is 275 g/mol. The van der Waals surface area contributed by atoms with E-state index in [9.17, 15) is 13.2 Å². The maximum atomic E-state index is 11.4. The molecule has 0 saturated heterocycles. The van der Waals surface area contributed by atoms with Gasteiger partial charge in [-0.1, -0.05) is 0 Å². The molecule has 1 aliphatic rings. The van der Waals surface area contributed by atoms with Crippen molar-refractivity contribution in [2.45, 2.75) is 11.3 Å². The van der Waals surface area contributed by atoms with Gasteiger partial charge in [-0.15, -0.1) is 0 Å². The Morgan fingerprint density at radius 2 is 2.18 bits per heavy atom. The number of hydrogen-bond donors (Lipinski definition) is 0. The summed E-state index contributed by atoms with van der Waals surface area (Å²) in [6.45, 7) is 0.480. The predicted molar refractivity (Wildman–Crippen MR) is 62.9 cm³/mol. The summed E-state index contributed by atoms with van der Waals surface area (Å²) in [5.41, 5.74) is 1.44. The number of halogens is 1. The number of carbonyl (C=O) groups is 1. The lowest BCUT2D eigenvalue weighted by Crippen LogP contribution is -2.28. The quantitative estimate of drug-likeness (QED) is 0.733. The van der Waals surface area contributed by atoms with Crippen LogP contribution in [0.1, 0.15) is 5.56 Å². The van der Waals surface area contributed by atoms with Gasteiger partial charge in [0.25, 0.3) is 9.05 Å². The summed E-state index contributed by atoms with van der Waals surface area (Å²) in [7, 11) is 2.83. The van der Waals surface area contributed by atoms with Gasteiger partial charge in [0.1, 0.15) is 0 Å². The van der Waals surface area contributed by atoms with Crippen LogP contribution in [0.5, 0.6) is 0 Å². The van der Waals surface area contributed by atoms with E-state index in [0.717, 1.165) is 5.56 Å². The van der Waals surface area contributed by atoms with E-state index < -0.39 is 15.1 Å². The zero-order chi connectivity index (χ0) is 12.6. The largest absolute Gasteiger partial charge is 0.452 e. The first-order valence-electron chi connectivity index (χ1n) is 4.86. The van der Waals surface area contributed by atoms with Crippen molar-refractivity contribution in [2.75, 3.05) is 18.6 Å². The zero-order valence-corrected chi connectivity index (χ0v) is 10.6. The molecule has 0 N–H and O–H groups in total. The molecule has 0 spiro atoms. The molecule has 2 rings (SSSR count). The van der Waals surface area contributed by atoms with Crippen LogP contribution in [-0.2, 0) is 20.2 Å². The predicted octanol–water partition coefficient (Wildman–Crippen LogP) is 1.74. The van der Waals surface area contributed by atoms with E-state index in [1.807, 2.05) is 0 Å². The minimum absolute atomic E-state index is 0.0460. The molecule has 1 heterocycles. The van der Waals surface area contributed by atoms with Crippen LogP contribution in [0.3, 0.4) is 0 Å². The first-order chi connectivity index (χ1) is 7.93. The molecule has 0 aromatic heterocycles. The van der Waals surface area contributed by atoms with Crippen molar-refractivity contribution in [1.29, 1.82) is 0 Å². The van der Waals surface area contributed by atoms with Crippen LogP contribution < -0.4 is 4.90 Å². The Labute approximate surface area is 103 Å². The highest BCUT2D eigenvalue weighted by molar-refractivity contribution is 8.13. The molecule has 0 aliphatic carbocycles. The summed E-state index contributed by atoms with van der Waals surface area (Å²) in [6, 6.07) is 4.43. The van der Waals surface area contributed by atoms with E-state index in [4.69, 9.17) is 10.7 Å². The number of fused-ring (bicyclic) bond motifs is 1. The van der Waals surface area contributed by atoms with E-state index in [1.54, 1.807) is 6.07 Å². The molecule has 17 heavy (non-hydrogen) atoms. The minimum atomic E-state index is -3.73. The molecule has 0 fully saturated rings. The van der Waals surface area contributed by atoms with Crippen molar-refractivity contribution < 1.29 is 17.9 Å². The molecular weight excluding hydrogens is 266 g/mol. The number of benzene rings is 1. The number of amides is 1. The lowest BCUT2D eigenvalue weighted by atomic mass is 10.2. The average Bonchev–Trinajstić information content (AvgIpc) is 2.69. The molecule has 92 valence electrons. The van der Waals surface area contributed by atoms with Gasteiger partial charge in [-0.3, -0.25) is 4.90 Å². The van der Waals surface area contributed by atoms with Crippen LogP contribution >= 0.6 is 10.7 Å². The Morgan fingerprint density at radius 3 is 2.76 bits per heavy atom. The van der Waals surface area contributed by atoms with Gasteiger partial charge in [-0.05, 0) is 30.2 Å². The van der Waals surface area contributed by atoms with Crippen LogP contribution in [0.4, 0.5) is 10.5 Å². The maximum absolute atomic E-state index is 11.4. The lowest BCUT2D eigenvalue weighted by Gasteiger charge is -2.15. The van der Waals surface area contributed by atoms with E-state index >= 15 is 0 Å². The Bertz CT molecular complexity index is 570. The van der Waals surface area contributed by atoms with Crippen molar-refractivity contribution in [3.63, 3.8) is 0 Å². The number of anilines is 1. The Hall–Kier alpha value is -1.27. The molecular formula is C10H10ClNO4S. The minimum Gasteiger partial charge on any atom is -0.452 e. The molecule has 0 unspecified atom stereocenters. The fourth-order valence-corrected chi connectivity index (χ4v) is 2.63. The Morgan fingerprint density at radius 1 is 1.47 bits per heavy atom. The summed E-state index contributed by atoms with van der Waals surface area (Å²) in [4.78, 5) is 12.9. The van der Waals surface area contributed by atoms with E-state index in [2.05, 4.69) is 4.74 Å². The Balaban J connectivity index is 2.42. The second-order valence-corrected chi connectivity index (χ2v) is 6.17. The van der Waals surface area contributed by atoms with Gasteiger partial charge >= 0.3 is 6.09 Å². The van der Waals surface area contributed by atoms with Gasteiger partial charge < -0.3 is 4.74 Å². The smallest absolute Gasteiger partial charge is 0.414 e. The van der Waals surface area contributed by atoms with Gasteiger partial charge in [0.15, 0.2) is 0 Å². The maximum Gasteiger partial charge on any atom is 0.414 e. The van der Waals surface area contributed by atoms with E-state index in [0.29, 0.717) is 18.7 Å². The van der Waals surface area contributed by atoms with Crippen molar-refractivity contribution in [3.8, 4) is 0 Å². The van der Waals surface area contributed by atoms with E-state index in [-0.39, 0.29) is 4.90 Å². The second-order valence-electron chi connectivity index (χ2n) is 3.60. The third kappa shape index (κ3) is 2.23. The lowest BCUT2D eigenvalue weighted by molar-refractivity contribution is 0.179. The number of rotatable bonds is 1. The van der Waals surface area contributed by atoms with Crippen LogP contribution in [-0.4, -0.2) is 28.2 Å². The third-order valence-electron chi connectivity index (χ3n) is 2.62. The van der Waals surface area contributed by atoms with Crippen LogP contribution in [0, 0.1) is 0 Å². The average molecular weight is 276 g/mol. The van der Waals surface area contributed by atoms with Gasteiger partial charge in [-0.2, -0.15) is 0 Å². The van der Waals surface area contributed by atoms with Crippen LogP contribution in [0.2, 0.25) is 0 Å². The molecule has 1 amide bonds. The summed E-state index contributed by atoms with van der Waals surface area (Å²) in [6.07, 6.45) is 0.134. The molecule has 1 aromatic rings. The molecule has 5 nitrogen and oxygen atoms in total. The fourth-order valence-electron chi connectivity index (χ4n) is 1.83. The highest BCUT2D eigenvalue weighted by Crippen LogP contribution is 2.31. The highest BCUT2D eigenvalue weighted by atomic mass is 35.7. The summed E-state index contributed by atoms with van der Waals surface area (Å²) in [5, 5.41) is 0. The molecule has 0 saturated carbocycles. The summed E-state index contributed by atoms with van der Waals surface area (Å²) < 4.78 is 27.0. The molecule has 0 bridgehead atoms. The Kier molecular flexibility index (Phi) is 3.01. The first kappa shape index (κ1) is 12.2. The van der Waals surface area contributed by atoms with Gasteiger partial charge in [0.2, 0.25) is 0 Å². The molecule has 1 aliphatic heterocycles. The van der Waals surface area contributed by atoms with Crippen molar-refractivity contribution in [1.82, 2.24) is 0 Å². The SMILES string of the molecule is COC(=O)N1CCc2cc(S(=O)(=O)Cl)ccc21. The third-order valence-corrected chi connectivity index (χ3v) is 3.97. The van der Waals surface area contributed by atoms with Crippen molar-refractivity contribution in [2.24, 2.45) is 0 Å². The molecule has 7 heteroatoms. The fraction of sp³-hybridized carbons (Fsp3) is 0.300. The number of methoxy groups -OCH3 is 1. The summed E-state index contributed by atoms with van der Waals surface area (Å²) >= 11 is 0. The van der Waals surface area contributed by atoms with Gasteiger partial charge in [-0.25, -0.2) is 13.2 Å². The van der Waals surface area contributed by atoms with Crippen LogP contribution in [0.25, 0.3) is 0 Å². The molecule has 0 radical (unpaired) electrons. The van der Waals surface area contributed by atoms with Crippen molar-refractivity contribution in [3.05, 3.63) is 23.8 Å². The van der Waals surface area contributed by atoms with Gasteiger partial charge in [0, 0.05) is 17.2 Å². The molecule has 0 atom stereocenters. The topological polar surface area (TPSA) is 63.7 Å². The second kappa shape index (κ2) is 4.19. The summed E-state index contributed by atoms with van der Waals surface area (Å²) in [5.74, 6) is 0. The molecule has 1 aromatic carbocycles. The highest BCUT2D eigenvalue weighted by Gasteiger charge is 2.26. The van der Waals surface area contributed by atoms with Gasteiger partial charge in [0.05, 0.1) is 17.7 Å². The van der Waals surface area contributed by atoms with Crippen LogP contribution in [0.15, 0.2) is 23.1 Å². The number of nitrogens with zero attached hydrogens (tertiary/aromatic N) is 1. The van der Waals surface area contributed by atoms with E-state index in [1.165, 1.54) is 24.1 Å². The normalized spacial score (nSPS) is 14.6. The number of hydrogen-bond acceptors (Lipinski definition) is 4.